The number of aromatic nitrogens is 2. The van der Waals surface area contributed by atoms with Crippen molar-refractivity contribution in [2.75, 3.05) is 11.9 Å². The molecule has 4 aliphatic rings. The van der Waals surface area contributed by atoms with Gasteiger partial charge in [0.05, 0.1) is 23.6 Å². The quantitative estimate of drug-likeness (QED) is 0.761. The lowest BCUT2D eigenvalue weighted by Gasteiger charge is -2.56. The molecular formula is C24H32N4O. The van der Waals surface area contributed by atoms with Gasteiger partial charge in [-0.1, -0.05) is 30.3 Å². The van der Waals surface area contributed by atoms with Crippen molar-refractivity contribution >= 4 is 11.7 Å². The molecule has 29 heavy (non-hydrogen) atoms. The Balaban J connectivity index is 1.22. The van der Waals surface area contributed by atoms with Gasteiger partial charge >= 0.3 is 6.03 Å². The number of amides is 2. The molecular weight excluding hydrogens is 360 g/mol. The van der Waals surface area contributed by atoms with Gasteiger partial charge in [-0.2, -0.15) is 5.10 Å². The van der Waals surface area contributed by atoms with E-state index < -0.39 is 0 Å². The molecule has 5 nitrogen and oxygen atoms in total. The third-order valence-corrected chi connectivity index (χ3v) is 7.58. The molecule has 2 N–H and O–H groups in total. The summed E-state index contributed by atoms with van der Waals surface area (Å²) >= 11 is 0. The van der Waals surface area contributed by atoms with Crippen molar-refractivity contribution in [3.8, 4) is 0 Å². The molecule has 1 aromatic carbocycles. The molecule has 0 unspecified atom stereocenters. The summed E-state index contributed by atoms with van der Waals surface area (Å²) in [7, 11) is 0. The Hall–Kier alpha value is -2.30. The van der Waals surface area contributed by atoms with Gasteiger partial charge in [0, 0.05) is 6.54 Å². The van der Waals surface area contributed by atoms with Gasteiger partial charge in [0.2, 0.25) is 0 Å². The third-order valence-electron chi connectivity index (χ3n) is 7.58. The minimum absolute atomic E-state index is 0.0915. The molecule has 0 spiro atoms. The highest BCUT2D eigenvalue weighted by molar-refractivity contribution is 5.90. The largest absolute Gasteiger partial charge is 0.337 e. The van der Waals surface area contributed by atoms with Crippen LogP contribution in [0.2, 0.25) is 0 Å². The summed E-state index contributed by atoms with van der Waals surface area (Å²) < 4.78 is 1.97. The van der Waals surface area contributed by atoms with Crippen LogP contribution >= 0.6 is 0 Å². The molecule has 5 heteroatoms. The van der Waals surface area contributed by atoms with Crippen molar-refractivity contribution in [2.24, 2.45) is 23.2 Å². The number of nitrogens with zero attached hydrogens (tertiary/aromatic N) is 2. The fourth-order valence-electron chi connectivity index (χ4n) is 6.72. The maximum absolute atomic E-state index is 12.7. The van der Waals surface area contributed by atoms with E-state index >= 15 is 0 Å². The van der Waals surface area contributed by atoms with Crippen molar-refractivity contribution in [2.45, 2.75) is 58.9 Å². The number of urea groups is 1. The molecule has 4 fully saturated rings. The predicted octanol–water partition coefficient (Wildman–Crippen LogP) is 4.89. The summed E-state index contributed by atoms with van der Waals surface area (Å²) in [5.74, 6) is 2.73. The van der Waals surface area contributed by atoms with E-state index in [2.05, 4.69) is 27.9 Å². The van der Waals surface area contributed by atoms with Gasteiger partial charge in [0.1, 0.15) is 0 Å². The Morgan fingerprint density at radius 3 is 2.31 bits per heavy atom. The summed E-state index contributed by atoms with van der Waals surface area (Å²) in [6.45, 7) is 5.52. The monoisotopic (exact) mass is 392 g/mol. The predicted molar refractivity (Wildman–Crippen MR) is 115 cm³/mol. The lowest BCUT2D eigenvalue weighted by Crippen LogP contribution is -2.51. The first-order valence-electron chi connectivity index (χ1n) is 11.1. The Kier molecular flexibility index (Phi) is 4.64. The SMILES string of the molecule is Cc1nn(Cc2ccccc2)c(C)c1NC(=O)NCC12CC3CC(CC(C3)C1)C2. The molecule has 6 rings (SSSR count). The van der Waals surface area contributed by atoms with Crippen LogP contribution in [-0.4, -0.2) is 22.4 Å². The van der Waals surface area contributed by atoms with E-state index in [1.54, 1.807) is 0 Å². The molecule has 0 atom stereocenters. The number of carbonyl (C=O) groups is 1. The average Bonchev–Trinajstić information content (AvgIpc) is 2.94. The zero-order valence-corrected chi connectivity index (χ0v) is 17.6. The zero-order valence-electron chi connectivity index (χ0n) is 17.6. The Labute approximate surface area is 173 Å². The molecule has 1 heterocycles. The minimum atomic E-state index is -0.0915. The summed E-state index contributed by atoms with van der Waals surface area (Å²) in [6.07, 6.45) is 8.24. The van der Waals surface area contributed by atoms with E-state index in [1.165, 1.54) is 44.1 Å². The number of hydrogen-bond acceptors (Lipinski definition) is 2. The zero-order chi connectivity index (χ0) is 20.0. The van der Waals surface area contributed by atoms with Gasteiger partial charge in [-0.15, -0.1) is 0 Å². The lowest BCUT2D eigenvalue weighted by atomic mass is 9.49. The molecule has 4 bridgehead atoms. The second-order valence-electron chi connectivity index (χ2n) is 9.91. The van der Waals surface area contributed by atoms with Gasteiger partial charge < -0.3 is 10.6 Å². The second kappa shape index (κ2) is 7.19. The van der Waals surface area contributed by atoms with Crippen molar-refractivity contribution in [3.63, 3.8) is 0 Å². The highest BCUT2D eigenvalue weighted by atomic mass is 16.2. The van der Waals surface area contributed by atoms with Crippen LogP contribution in [0.4, 0.5) is 10.5 Å². The minimum Gasteiger partial charge on any atom is -0.337 e. The fraction of sp³-hybridized carbons (Fsp3) is 0.583. The van der Waals surface area contributed by atoms with Crippen LogP contribution < -0.4 is 10.6 Å². The van der Waals surface area contributed by atoms with Gasteiger partial charge in [-0.05, 0) is 81.1 Å². The van der Waals surface area contributed by atoms with E-state index in [9.17, 15) is 4.79 Å². The molecule has 0 radical (unpaired) electrons. The number of benzene rings is 1. The van der Waals surface area contributed by atoms with Crippen LogP contribution in [0.3, 0.4) is 0 Å². The number of hydrogen-bond donors (Lipinski definition) is 2. The average molecular weight is 393 g/mol. The van der Waals surface area contributed by atoms with Gasteiger partial charge in [0.15, 0.2) is 0 Å². The van der Waals surface area contributed by atoms with Crippen LogP contribution in [0.25, 0.3) is 0 Å². The number of anilines is 1. The first-order chi connectivity index (χ1) is 14.0. The highest BCUT2D eigenvalue weighted by Gasteiger charge is 2.50. The first-order valence-corrected chi connectivity index (χ1v) is 11.1. The maximum atomic E-state index is 12.7. The van der Waals surface area contributed by atoms with E-state index in [0.717, 1.165) is 41.4 Å². The lowest BCUT2D eigenvalue weighted by molar-refractivity contribution is -0.0496. The molecule has 4 saturated carbocycles. The smallest absolute Gasteiger partial charge is 0.319 e. The van der Waals surface area contributed by atoms with E-state index in [1.807, 2.05) is 36.7 Å². The van der Waals surface area contributed by atoms with Crippen LogP contribution in [0.15, 0.2) is 30.3 Å². The van der Waals surface area contributed by atoms with E-state index in [-0.39, 0.29) is 6.03 Å². The first kappa shape index (κ1) is 18.7. The van der Waals surface area contributed by atoms with Gasteiger partial charge in [-0.25, -0.2) is 4.79 Å². The topological polar surface area (TPSA) is 59.0 Å². The van der Waals surface area contributed by atoms with Crippen molar-refractivity contribution in [1.82, 2.24) is 15.1 Å². The fourth-order valence-corrected chi connectivity index (χ4v) is 6.72. The van der Waals surface area contributed by atoms with E-state index in [0.29, 0.717) is 12.0 Å². The Bertz CT molecular complexity index is 866. The molecule has 2 amide bonds. The summed E-state index contributed by atoms with van der Waals surface area (Å²) in [4.78, 5) is 12.7. The molecule has 0 aliphatic heterocycles. The summed E-state index contributed by atoms with van der Waals surface area (Å²) in [6, 6.07) is 10.2. The molecule has 154 valence electrons. The van der Waals surface area contributed by atoms with Gasteiger partial charge in [-0.3, -0.25) is 4.68 Å². The summed E-state index contributed by atoms with van der Waals surface area (Å²) in [5.41, 5.74) is 4.26. The molecule has 2 aromatic rings. The van der Waals surface area contributed by atoms with Crippen LogP contribution in [-0.2, 0) is 6.54 Å². The maximum Gasteiger partial charge on any atom is 0.319 e. The Morgan fingerprint density at radius 1 is 1.07 bits per heavy atom. The standard InChI is InChI=1S/C24H32N4O/c1-16-22(17(2)28(27-16)14-18-6-4-3-5-7-18)26-23(29)25-15-24-11-19-8-20(12-24)10-21(9-19)13-24/h3-7,19-21H,8-15H2,1-2H3,(H2,25,26,29). The van der Waals surface area contributed by atoms with Crippen molar-refractivity contribution < 1.29 is 4.79 Å². The Morgan fingerprint density at radius 2 is 1.69 bits per heavy atom. The number of aryl methyl sites for hydroxylation is 1. The third kappa shape index (κ3) is 3.67. The molecule has 1 aromatic heterocycles. The number of rotatable bonds is 5. The van der Waals surface area contributed by atoms with Crippen LogP contribution in [0.5, 0.6) is 0 Å². The van der Waals surface area contributed by atoms with Crippen molar-refractivity contribution in [1.29, 1.82) is 0 Å². The molecule has 4 aliphatic carbocycles. The van der Waals surface area contributed by atoms with Crippen LogP contribution in [0, 0.1) is 37.0 Å². The second-order valence-corrected chi connectivity index (χ2v) is 9.91. The van der Waals surface area contributed by atoms with Crippen LogP contribution in [0.1, 0.15) is 55.5 Å². The molecule has 0 saturated heterocycles. The number of carbonyl (C=O) groups excluding carboxylic acids is 1. The van der Waals surface area contributed by atoms with E-state index in [4.69, 9.17) is 0 Å². The van der Waals surface area contributed by atoms with Crippen molar-refractivity contribution in [3.05, 3.63) is 47.3 Å². The van der Waals surface area contributed by atoms with Gasteiger partial charge in [0.25, 0.3) is 0 Å². The summed E-state index contributed by atoms with van der Waals surface area (Å²) in [5, 5.41) is 10.9. The highest BCUT2D eigenvalue weighted by Crippen LogP contribution is 2.59. The normalized spacial score (nSPS) is 29.8. The number of nitrogens with one attached hydrogen (secondary N) is 2.